The normalized spacial score (nSPS) is 27.2. The molecule has 0 radical (unpaired) electrons. The summed E-state index contributed by atoms with van der Waals surface area (Å²) >= 11 is 6.11. The number of aryl methyl sites for hydroxylation is 1. The van der Waals surface area contributed by atoms with E-state index < -0.39 is 12.1 Å². The van der Waals surface area contributed by atoms with Crippen molar-refractivity contribution in [2.45, 2.75) is 43.7 Å². The van der Waals surface area contributed by atoms with Crippen LogP contribution in [-0.4, -0.2) is 43.2 Å². The van der Waals surface area contributed by atoms with Crippen molar-refractivity contribution in [2.75, 3.05) is 26.2 Å². The summed E-state index contributed by atoms with van der Waals surface area (Å²) in [5, 5.41) is 2.76. The number of piperidine rings is 1. The maximum Gasteiger partial charge on any atom is 0.391 e. The van der Waals surface area contributed by atoms with Crippen LogP contribution in [0.15, 0.2) is 12.1 Å². The number of carbonyl (C=O) groups excluding carboxylic acids is 1. The number of nitrogens with two attached hydrogens (primary N) is 1. The van der Waals surface area contributed by atoms with Crippen LogP contribution in [0.1, 0.15) is 36.9 Å². The summed E-state index contributed by atoms with van der Waals surface area (Å²) < 4.78 is 38.8. The third-order valence-corrected chi connectivity index (χ3v) is 6.94. The molecular weight excluding hydrogens is 450 g/mol. The molecule has 0 saturated carbocycles. The first-order valence-corrected chi connectivity index (χ1v) is 10.1. The number of nitrogens with zero attached hydrogens (tertiary/aromatic N) is 1. The van der Waals surface area contributed by atoms with Gasteiger partial charge in [-0.1, -0.05) is 0 Å². The fourth-order valence-corrected chi connectivity index (χ4v) is 5.50. The molecule has 0 aromatic carbocycles. The number of halogens is 6. The lowest BCUT2D eigenvalue weighted by Gasteiger charge is -2.39. The molecule has 1 aliphatic carbocycles. The van der Waals surface area contributed by atoms with Crippen LogP contribution >= 0.6 is 11.6 Å². The van der Waals surface area contributed by atoms with E-state index in [1.54, 1.807) is 4.90 Å². The molecule has 29 heavy (non-hydrogen) atoms. The Hall–Kier alpha value is -0.760. The predicted octanol–water partition coefficient (Wildman–Crippen LogP) is -4.27. The summed E-state index contributed by atoms with van der Waals surface area (Å²) in [6.45, 7) is 1.94. The SMILES string of the molecule is O=C([C@@H]1C[NH2+]C[C@]12CCCc1[nH+]c(Cl)ccc12)N1CCC(C(F)(F)F)CC1.[Cl-].[Cl-]. The van der Waals surface area contributed by atoms with Crippen molar-refractivity contribution >= 4 is 17.5 Å². The molecule has 164 valence electrons. The zero-order valence-electron chi connectivity index (χ0n) is 15.9. The molecule has 3 aliphatic rings. The van der Waals surface area contributed by atoms with E-state index in [0.29, 0.717) is 11.7 Å². The van der Waals surface area contributed by atoms with Gasteiger partial charge in [0.1, 0.15) is 5.92 Å². The molecule has 1 aromatic rings. The van der Waals surface area contributed by atoms with E-state index in [2.05, 4.69) is 10.3 Å². The number of H-pyrrole nitrogens is 1. The summed E-state index contributed by atoms with van der Waals surface area (Å²) in [4.78, 5) is 18.2. The van der Waals surface area contributed by atoms with Gasteiger partial charge in [0.2, 0.25) is 5.91 Å². The number of hydrogen-bond donors (Lipinski definition) is 1. The molecule has 2 aliphatic heterocycles. The van der Waals surface area contributed by atoms with Crippen molar-refractivity contribution in [3.8, 4) is 0 Å². The van der Waals surface area contributed by atoms with Gasteiger partial charge < -0.3 is 35.0 Å². The number of amides is 1. The van der Waals surface area contributed by atoms with E-state index in [4.69, 9.17) is 11.6 Å². The average molecular weight is 475 g/mol. The van der Waals surface area contributed by atoms with E-state index >= 15 is 0 Å². The molecule has 10 heteroatoms. The van der Waals surface area contributed by atoms with Gasteiger partial charge in [-0.25, -0.2) is 0 Å². The number of aromatic nitrogens is 1. The zero-order valence-corrected chi connectivity index (χ0v) is 18.1. The maximum absolute atomic E-state index is 13.3. The zero-order chi connectivity index (χ0) is 19.2. The highest BCUT2D eigenvalue weighted by molar-refractivity contribution is 6.28. The van der Waals surface area contributed by atoms with Crippen LogP contribution < -0.4 is 35.1 Å². The Morgan fingerprint density at radius 1 is 1.24 bits per heavy atom. The quantitative estimate of drug-likeness (QED) is 0.412. The Morgan fingerprint density at radius 2 is 1.93 bits per heavy atom. The number of aromatic amines is 1. The lowest BCUT2D eigenvalue weighted by molar-refractivity contribution is -0.640. The Kier molecular flexibility index (Phi) is 7.74. The van der Waals surface area contributed by atoms with Crippen LogP contribution in [0, 0.1) is 11.8 Å². The molecule has 2 saturated heterocycles. The molecule has 4 rings (SSSR count). The molecule has 0 unspecified atom stereocenters. The number of quaternary nitrogens is 1. The van der Waals surface area contributed by atoms with Gasteiger partial charge >= 0.3 is 6.18 Å². The Balaban J connectivity index is 0.00000150. The van der Waals surface area contributed by atoms with Crippen molar-refractivity contribution in [3.05, 3.63) is 28.5 Å². The Labute approximate surface area is 185 Å². The van der Waals surface area contributed by atoms with Gasteiger partial charge in [0.15, 0.2) is 5.69 Å². The van der Waals surface area contributed by atoms with Gasteiger partial charge in [-0.2, -0.15) is 18.2 Å². The van der Waals surface area contributed by atoms with E-state index in [1.165, 1.54) is 0 Å². The second kappa shape index (κ2) is 9.16. The molecule has 0 bridgehead atoms. The minimum atomic E-state index is -4.16. The van der Waals surface area contributed by atoms with Gasteiger partial charge in [0.05, 0.1) is 24.4 Å². The molecule has 4 nitrogen and oxygen atoms in total. The molecule has 1 spiro atoms. The highest BCUT2D eigenvalue weighted by Crippen LogP contribution is 2.44. The highest BCUT2D eigenvalue weighted by Gasteiger charge is 2.55. The fraction of sp³-hybridized carbons (Fsp3) is 0.684. The number of likely N-dealkylation sites (tertiary alicyclic amines) is 1. The van der Waals surface area contributed by atoms with Crippen LogP contribution in [0.3, 0.4) is 0 Å². The fourth-order valence-electron chi connectivity index (χ4n) is 5.32. The topological polar surface area (TPSA) is 51.1 Å². The Morgan fingerprint density at radius 3 is 2.59 bits per heavy atom. The summed E-state index contributed by atoms with van der Waals surface area (Å²) in [6.07, 6.45) is -1.30. The van der Waals surface area contributed by atoms with Crippen molar-refractivity contribution in [1.29, 1.82) is 0 Å². The number of rotatable bonds is 1. The molecular formula is C19H25Cl3F3N3O. The van der Waals surface area contributed by atoms with Gasteiger partial charge in [-0.15, -0.1) is 0 Å². The van der Waals surface area contributed by atoms with E-state index in [-0.39, 0.29) is 68.0 Å². The number of pyridine rings is 1. The number of nitrogens with one attached hydrogen (secondary N) is 1. The van der Waals surface area contributed by atoms with Crippen LogP contribution in [0.25, 0.3) is 0 Å². The number of fused-ring (bicyclic) bond motifs is 2. The molecule has 1 amide bonds. The summed E-state index contributed by atoms with van der Waals surface area (Å²) in [6, 6.07) is 3.87. The van der Waals surface area contributed by atoms with Crippen molar-refractivity contribution in [2.24, 2.45) is 11.8 Å². The van der Waals surface area contributed by atoms with Crippen molar-refractivity contribution < 1.29 is 53.1 Å². The number of alkyl halides is 3. The number of carbonyl (C=O) groups is 1. The van der Waals surface area contributed by atoms with E-state index in [9.17, 15) is 18.0 Å². The second-order valence-electron chi connectivity index (χ2n) is 8.13. The first-order valence-electron chi connectivity index (χ1n) is 9.69. The van der Waals surface area contributed by atoms with Gasteiger partial charge in [-0.3, -0.25) is 4.79 Å². The average Bonchev–Trinajstić information content (AvgIpc) is 3.04. The smallest absolute Gasteiger partial charge is 0.391 e. The van der Waals surface area contributed by atoms with Gasteiger partial charge in [0.25, 0.3) is 5.15 Å². The van der Waals surface area contributed by atoms with Gasteiger partial charge in [0, 0.05) is 31.1 Å². The summed E-state index contributed by atoms with van der Waals surface area (Å²) in [7, 11) is 0. The molecule has 1 aromatic heterocycles. The minimum absolute atomic E-state index is 0. The second-order valence-corrected chi connectivity index (χ2v) is 8.54. The number of hydrogen-bond acceptors (Lipinski definition) is 1. The van der Waals surface area contributed by atoms with Crippen LogP contribution in [0.4, 0.5) is 13.2 Å². The Bertz CT molecular complexity index is 741. The molecule has 2 atom stereocenters. The van der Waals surface area contributed by atoms with Gasteiger partial charge in [-0.05, 0) is 43.4 Å². The summed E-state index contributed by atoms with van der Waals surface area (Å²) in [5.74, 6) is -1.45. The maximum atomic E-state index is 13.3. The predicted molar refractivity (Wildman–Crippen MR) is 93.1 cm³/mol. The lowest BCUT2D eigenvalue weighted by atomic mass is 9.65. The first-order chi connectivity index (χ1) is 12.8. The van der Waals surface area contributed by atoms with Crippen LogP contribution in [0.5, 0.6) is 0 Å². The lowest BCUT2D eigenvalue weighted by Crippen LogP contribution is -3.00. The third-order valence-electron chi connectivity index (χ3n) is 6.72. The molecule has 3 heterocycles. The van der Waals surface area contributed by atoms with E-state index in [0.717, 1.165) is 37.1 Å². The largest absolute Gasteiger partial charge is 1.00 e. The molecule has 3 N–H and O–H groups in total. The van der Waals surface area contributed by atoms with Crippen molar-refractivity contribution in [1.82, 2.24) is 4.90 Å². The van der Waals surface area contributed by atoms with E-state index in [1.807, 2.05) is 12.1 Å². The standard InChI is InChI=1S/C19H23ClF3N3O.2ClH/c20-16-4-3-13-15(25-16)2-1-7-18(13)11-24-10-14(18)17(27)26-8-5-12(6-9-26)19(21,22)23;;/h3-4,12,14,24H,1-2,5-11H2;2*1H/t14-,18-;;/m0../s1. The monoisotopic (exact) mass is 473 g/mol. The minimum Gasteiger partial charge on any atom is -1.00 e. The van der Waals surface area contributed by atoms with Crippen LogP contribution in [0.2, 0.25) is 5.15 Å². The van der Waals surface area contributed by atoms with Crippen LogP contribution in [-0.2, 0) is 16.6 Å². The van der Waals surface area contributed by atoms with Crippen molar-refractivity contribution in [3.63, 3.8) is 0 Å². The summed E-state index contributed by atoms with van der Waals surface area (Å²) in [5.41, 5.74) is 2.01. The first kappa shape index (κ1) is 24.5. The molecule has 2 fully saturated rings. The third kappa shape index (κ3) is 4.48. The highest BCUT2D eigenvalue weighted by atomic mass is 35.5.